The molecule has 0 fully saturated rings. The summed E-state index contributed by atoms with van der Waals surface area (Å²) in [4.78, 5) is 34.2. The number of rotatable bonds is 8. The highest BCUT2D eigenvalue weighted by Crippen LogP contribution is 2.31. The van der Waals surface area contributed by atoms with Crippen LogP contribution in [0.15, 0.2) is 42.5 Å². The number of nitro groups is 1. The normalized spacial score (nSPS) is 10.0. The first-order chi connectivity index (χ1) is 12.9. The minimum Gasteiger partial charge on any atom is -0.493 e. The van der Waals surface area contributed by atoms with Crippen LogP contribution in [0.2, 0.25) is 0 Å². The van der Waals surface area contributed by atoms with Crippen molar-refractivity contribution in [3.05, 3.63) is 58.1 Å². The number of benzene rings is 2. The van der Waals surface area contributed by atoms with Crippen LogP contribution < -0.4 is 20.1 Å². The molecule has 0 spiro atoms. The van der Waals surface area contributed by atoms with Gasteiger partial charge in [-0.15, -0.1) is 0 Å². The van der Waals surface area contributed by atoms with E-state index in [1.165, 1.54) is 31.4 Å². The monoisotopic (exact) mass is 373 g/mol. The number of ether oxygens (including phenoxy) is 2. The standard InChI is InChI=1S/C18H19N3O6/c1-3-19-18(23)12-5-4-6-13(9-12)20-17(22)11-27-16-10-14(21(24)25)7-8-15(16)26-2/h4-10H,3,11H2,1-2H3,(H,19,23)(H,20,22). The third-order valence-electron chi connectivity index (χ3n) is 3.46. The highest BCUT2D eigenvalue weighted by molar-refractivity contribution is 5.97. The lowest BCUT2D eigenvalue weighted by molar-refractivity contribution is -0.385. The number of hydrogen-bond acceptors (Lipinski definition) is 6. The maximum atomic E-state index is 12.1. The van der Waals surface area contributed by atoms with Gasteiger partial charge in [0, 0.05) is 23.9 Å². The van der Waals surface area contributed by atoms with Gasteiger partial charge in [-0.1, -0.05) is 6.07 Å². The zero-order valence-electron chi connectivity index (χ0n) is 14.9. The summed E-state index contributed by atoms with van der Waals surface area (Å²) in [6.45, 7) is 1.92. The summed E-state index contributed by atoms with van der Waals surface area (Å²) in [5.74, 6) is -0.382. The first-order valence-corrected chi connectivity index (χ1v) is 8.08. The smallest absolute Gasteiger partial charge is 0.273 e. The number of non-ortho nitro benzene ring substituents is 1. The van der Waals surface area contributed by atoms with Gasteiger partial charge >= 0.3 is 0 Å². The molecule has 142 valence electrons. The fourth-order valence-corrected chi connectivity index (χ4v) is 2.23. The molecule has 2 amide bonds. The molecule has 2 aromatic rings. The number of anilines is 1. The Morgan fingerprint density at radius 3 is 2.59 bits per heavy atom. The Labute approximate surface area is 155 Å². The SMILES string of the molecule is CCNC(=O)c1cccc(NC(=O)COc2cc([N+](=O)[O-])ccc2OC)c1. The molecule has 27 heavy (non-hydrogen) atoms. The second-order valence-corrected chi connectivity index (χ2v) is 5.37. The van der Waals surface area contributed by atoms with Crippen molar-refractivity contribution in [1.29, 1.82) is 0 Å². The summed E-state index contributed by atoms with van der Waals surface area (Å²) < 4.78 is 10.4. The second kappa shape index (κ2) is 9.18. The molecule has 0 aromatic heterocycles. The van der Waals surface area contributed by atoms with Gasteiger partial charge in [0.15, 0.2) is 18.1 Å². The average Bonchev–Trinajstić information content (AvgIpc) is 2.66. The van der Waals surface area contributed by atoms with Crippen molar-refractivity contribution in [2.45, 2.75) is 6.92 Å². The molecule has 0 atom stereocenters. The molecule has 0 heterocycles. The van der Waals surface area contributed by atoms with Gasteiger partial charge in [-0.25, -0.2) is 0 Å². The predicted octanol–water partition coefficient (Wildman–Crippen LogP) is 2.37. The van der Waals surface area contributed by atoms with Gasteiger partial charge < -0.3 is 20.1 Å². The van der Waals surface area contributed by atoms with Crippen molar-refractivity contribution in [2.75, 3.05) is 25.6 Å². The summed E-state index contributed by atoms with van der Waals surface area (Å²) in [7, 11) is 1.39. The van der Waals surface area contributed by atoms with Gasteiger partial charge in [-0.3, -0.25) is 19.7 Å². The Morgan fingerprint density at radius 1 is 1.15 bits per heavy atom. The number of nitro benzene ring substituents is 1. The molecular formula is C18H19N3O6. The van der Waals surface area contributed by atoms with Crippen LogP contribution >= 0.6 is 0 Å². The zero-order chi connectivity index (χ0) is 19.8. The molecule has 0 aliphatic rings. The highest BCUT2D eigenvalue weighted by Gasteiger charge is 2.14. The molecule has 9 heteroatoms. The molecule has 0 radical (unpaired) electrons. The molecule has 2 aromatic carbocycles. The van der Waals surface area contributed by atoms with E-state index in [9.17, 15) is 19.7 Å². The van der Waals surface area contributed by atoms with Gasteiger partial charge in [0.1, 0.15) is 0 Å². The number of carbonyl (C=O) groups is 2. The third kappa shape index (κ3) is 5.43. The van der Waals surface area contributed by atoms with Crippen molar-refractivity contribution < 1.29 is 24.0 Å². The molecule has 2 rings (SSSR count). The zero-order valence-corrected chi connectivity index (χ0v) is 14.9. The van der Waals surface area contributed by atoms with E-state index in [1.807, 2.05) is 6.92 Å². The molecule has 0 saturated carbocycles. The van der Waals surface area contributed by atoms with Crippen LogP contribution in [0.4, 0.5) is 11.4 Å². The largest absolute Gasteiger partial charge is 0.493 e. The fraction of sp³-hybridized carbons (Fsp3) is 0.222. The Kier molecular flexibility index (Phi) is 6.70. The van der Waals surface area contributed by atoms with Crippen molar-refractivity contribution in [3.63, 3.8) is 0 Å². The number of nitrogens with one attached hydrogen (secondary N) is 2. The fourth-order valence-electron chi connectivity index (χ4n) is 2.23. The lowest BCUT2D eigenvalue weighted by Gasteiger charge is -2.11. The van der Waals surface area contributed by atoms with Crippen LogP contribution in [0.3, 0.4) is 0 Å². The van der Waals surface area contributed by atoms with Gasteiger partial charge in [-0.05, 0) is 31.2 Å². The topological polar surface area (TPSA) is 120 Å². The molecule has 2 N–H and O–H groups in total. The van der Waals surface area contributed by atoms with Crippen LogP contribution in [-0.4, -0.2) is 37.0 Å². The maximum absolute atomic E-state index is 12.1. The minimum atomic E-state index is -0.570. The van der Waals surface area contributed by atoms with Crippen molar-refractivity contribution in [3.8, 4) is 11.5 Å². The van der Waals surface area contributed by atoms with Crippen LogP contribution in [-0.2, 0) is 4.79 Å². The number of methoxy groups -OCH3 is 1. The Morgan fingerprint density at radius 2 is 1.93 bits per heavy atom. The van der Waals surface area contributed by atoms with E-state index in [0.717, 1.165) is 0 Å². The number of carbonyl (C=O) groups excluding carboxylic acids is 2. The Bertz CT molecular complexity index is 853. The molecule has 0 unspecified atom stereocenters. The lowest BCUT2D eigenvalue weighted by atomic mass is 10.2. The van der Waals surface area contributed by atoms with E-state index < -0.39 is 10.8 Å². The van der Waals surface area contributed by atoms with Crippen molar-refractivity contribution in [1.82, 2.24) is 5.32 Å². The first kappa shape index (κ1) is 19.7. The summed E-state index contributed by atoms with van der Waals surface area (Å²) in [5.41, 5.74) is 0.662. The first-order valence-electron chi connectivity index (χ1n) is 8.08. The molecule has 0 aliphatic heterocycles. The molecular weight excluding hydrogens is 354 g/mol. The van der Waals surface area contributed by atoms with E-state index in [0.29, 0.717) is 17.8 Å². The number of amides is 2. The highest BCUT2D eigenvalue weighted by atomic mass is 16.6. The summed E-state index contributed by atoms with van der Waals surface area (Å²) in [6, 6.07) is 10.3. The van der Waals surface area contributed by atoms with Crippen LogP contribution in [0, 0.1) is 10.1 Å². The summed E-state index contributed by atoms with van der Waals surface area (Å²) >= 11 is 0. The maximum Gasteiger partial charge on any atom is 0.273 e. The quantitative estimate of drug-likeness (QED) is 0.541. The number of hydrogen-bond donors (Lipinski definition) is 2. The van der Waals surface area contributed by atoms with Crippen molar-refractivity contribution >= 4 is 23.2 Å². The number of nitrogens with zero attached hydrogens (tertiary/aromatic N) is 1. The van der Waals surface area contributed by atoms with E-state index in [4.69, 9.17) is 9.47 Å². The van der Waals surface area contributed by atoms with Crippen molar-refractivity contribution in [2.24, 2.45) is 0 Å². The van der Waals surface area contributed by atoms with Gasteiger partial charge in [-0.2, -0.15) is 0 Å². The molecule has 0 aliphatic carbocycles. The van der Waals surface area contributed by atoms with E-state index in [1.54, 1.807) is 18.2 Å². The second-order valence-electron chi connectivity index (χ2n) is 5.37. The predicted molar refractivity (Wildman–Crippen MR) is 98.2 cm³/mol. The van der Waals surface area contributed by atoms with E-state index in [-0.39, 0.29) is 29.7 Å². The van der Waals surface area contributed by atoms with Crippen LogP contribution in [0.5, 0.6) is 11.5 Å². The minimum absolute atomic E-state index is 0.0814. The van der Waals surface area contributed by atoms with Gasteiger partial charge in [0.25, 0.3) is 17.5 Å². The summed E-state index contributed by atoms with van der Waals surface area (Å²) in [6.07, 6.45) is 0. The van der Waals surface area contributed by atoms with E-state index >= 15 is 0 Å². The molecule has 0 bridgehead atoms. The Balaban J connectivity index is 2.03. The van der Waals surface area contributed by atoms with E-state index in [2.05, 4.69) is 10.6 Å². The Hall–Kier alpha value is -3.62. The summed E-state index contributed by atoms with van der Waals surface area (Å²) in [5, 5.41) is 16.1. The van der Waals surface area contributed by atoms with Gasteiger partial charge in [0.2, 0.25) is 0 Å². The van der Waals surface area contributed by atoms with Gasteiger partial charge in [0.05, 0.1) is 18.1 Å². The third-order valence-corrected chi connectivity index (χ3v) is 3.46. The van der Waals surface area contributed by atoms with Crippen LogP contribution in [0.1, 0.15) is 17.3 Å². The van der Waals surface area contributed by atoms with Crippen LogP contribution in [0.25, 0.3) is 0 Å². The molecule has 0 saturated heterocycles. The average molecular weight is 373 g/mol. The lowest BCUT2D eigenvalue weighted by Crippen LogP contribution is -2.23. The molecule has 9 nitrogen and oxygen atoms in total.